The maximum Gasteiger partial charge on any atom is 0.198 e. The number of carbonyl (C=O) groups is 2. The quantitative estimate of drug-likeness (QED) is 0.564. The molecule has 0 spiro atoms. The van der Waals surface area contributed by atoms with Crippen LogP contribution in [-0.2, 0) is 0 Å². The van der Waals surface area contributed by atoms with Crippen molar-refractivity contribution in [1.29, 1.82) is 0 Å². The number of methoxy groups -OCH3 is 2. The number of aromatic nitrogens is 2. The van der Waals surface area contributed by atoms with Crippen LogP contribution in [0.3, 0.4) is 0 Å². The first-order valence-corrected chi connectivity index (χ1v) is 7.26. The van der Waals surface area contributed by atoms with Crippen molar-refractivity contribution in [2.45, 2.75) is 0 Å². The Kier molecular flexibility index (Phi) is 3.06. The number of carbonyl (C=O) groups excluding carboxylic acids is 2. The Bertz CT molecular complexity index is 945. The summed E-state index contributed by atoms with van der Waals surface area (Å²) in [5.41, 5.74) is 1.81. The van der Waals surface area contributed by atoms with Gasteiger partial charge in [0.1, 0.15) is 11.0 Å². The molecule has 0 bridgehead atoms. The van der Waals surface area contributed by atoms with Gasteiger partial charge in [-0.1, -0.05) is 24.3 Å². The van der Waals surface area contributed by atoms with Crippen LogP contribution in [0.2, 0.25) is 0 Å². The molecule has 4 rings (SSSR count). The van der Waals surface area contributed by atoms with Crippen LogP contribution in [0.4, 0.5) is 0 Å². The van der Waals surface area contributed by atoms with Crippen molar-refractivity contribution in [3.63, 3.8) is 0 Å². The monoisotopic (exact) mass is 320 g/mol. The van der Waals surface area contributed by atoms with Crippen LogP contribution in [0.1, 0.15) is 31.8 Å². The van der Waals surface area contributed by atoms with Gasteiger partial charge in [0, 0.05) is 23.5 Å². The highest BCUT2D eigenvalue weighted by Crippen LogP contribution is 2.43. The molecular formula is C18H12N2O4. The molecule has 0 fully saturated rings. The van der Waals surface area contributed by atoms with Crippen molar-refractivity contribution >= 4 is 22.6 Å². The summed E-state index contributed by atoms with van der Waals surface area (Å²) in [6, 6.07) is 6.70. The van der Waals surface area contributed by atoms with Crippen molar-refractivity contribution in [3.05, 3.63) is 58.9 Å². The first-order chi connectivity index (χ1) is 11.7. The van der Waals surface area contributed by atoms with Crippen LogP contribution in [0.5, 0.6) is 11.5 Å². The second kappa shape index (κ2) is 5.13. The molecule has 0 amide bonds. The molecular weight excluding hydrogens is 308 g/mol. The molecule has 0 atom stereocenters. The molecule has 0 N–H and O–H groups in total. The second-order valence-corrected chi connectivity index (χ2v) is 5.27. The van der Waals surface area contributed by atoms with Crippen LogP contribution in [0, 0.1) is 0 Å². The molecule has 1 heterocycles. The lowest BCUT2D eigenvalue weighted by molar-refractivity contribution is 0.0974. The molecule has 0 aliphatic heterocycles. The van der Waals surface area contributed by atoms with E-state index in [9.17, 15) is 9.59 Å². The van der Waals surface area contributed by atoms with E-state index >= 15 is 0 Å². The summed E-state index contributed by atoms with van der Waals surface area (Å²) in [6.45, 7) is 0. The highest BCUT2D eigenvalue weighted by Gasteiger charge is 2.37. The maximum atomic E-state index is 13.0. The van der Waals surface area contributed by atoms with Gasteiger partial charge in [-0.05, 0) is 0 Å². The van der Waals surface area contributed by atoms with Gasteiger partial charge in [0.15, 0.2) is 23.1 Å². The normalized spacial score (nSPS) is 12.8. The molecule has 0 radical (unpaired) electrons. The van der Waals surface area contributed by atoms with Crippen LogP contribution in [0.25, 0.3) is 11.0 Å². The van der Waals surface area contributed by atoms with E-state index in [1.54, 1.807) is 24.3 Å². The SMILES string of the molecule is COc1c2c(c(OC)c3nccnc13)C(=O)c1ccccc1C2=O. The first kappa shape index (κ1) is 14.3. The van der Waals surface area contributed by atoms with Gasteiger partial charge < -0.3 is 9.47 Å². The van der Waals surface area contributed by atoms with Crippen molar-refractivity contribution in [3.8, 4) is 11.5 Å². The zero-order valence-corrected chi connectivity index (χ0v) is 13.0. The number of fused-ring (bicyclic) bond motifs is 3. The summed E-state index contributed by atoms with van der Waals surface area (Å²) in [6.07, 6.45) is 3.00. The van der Waals surface area contributed by atoms with Crippen LogP contribution < -0.4 is 9.47 Å². The molecule has 24 heavy (non-hydrogen) atoms. The third kappa shape index (κ3) is 1.70. The zero-order chi connectivity index (χ0) is 16.8. The summed E-state index contributed by atoms with van der Waals surface area (Å²) < 4.78 is 10.9. The smallest absolute Gasteiger partial charge is 0.198 e. The lowest BCUT2D eigenvalue weighted by atomic mass is 9.82. The average Bonchev–Trinajstić information content (AvgIpc) is 2.64. The highest BCUT2D eigenvalue weighted by atomic mass is 16.5. The summed E-state index contributed by atoms with van der Waals surface area (Å²) in [5, 5.41) is 0. The number of nitrogens with zero attached hydrogens (tertiary/aromatic N) is 2. The van der Waals surface area contributed by atoms with E-state index in [1.165, 1.54) is 26.6 Å². The molecule has 3 aromatic rings. The minimum atomic E-state index is -0.289. The fraction of sp³-hybridized carbons (Fsp3) is 0.111. The topological polar surface area (TPSA) is 78.4 Å². The number of benzene rings is 2. The molecule has 1 aliphatic rings. The standard InChI is InChI=1S/C18H12N2O4/c1-23-17-11-12(18(24-2)14-13(17)19-7-8-20-14)16(22)10-6-4-3-5-9(10)15(11)21/h3-8H,1-2H3. The number of ketones is 2. The molecule has 6 nitrogen and oxygen atoms in total. The lowest BCUT2D eigenvalue weighted by Crippen LogP contribution is -2.23. The van der Waals surface area contributed by atoms with Gasteiger partial charge in [-0.15, -0.1) is 0 Å². The maximum absolute atomic E-state index is 13.0. The Morgan fingerprint density at radius 1 is 0.750 bits per heavy atom. The highest BCUT2D eigenvalue weighted by molar-refractivity contribution is 6.32. The van der Waals surface area contributed by atoms with E-state index in [0.29, 0.717) is 22.2 Å². The molecule has 1 aromatic heterocycles. The Hall–Kier alpha value is -3.28. The van der Waals surface area contributed by atoms with Crippen molar-refractivity contribution in [2.24, 2.45) is 0 Å². The van der Waals surface area contributed by atoms with Gasteiger partial charge in [-0.3, -0.25) is 9.59 Å². The average molecular weight is 320 g/mol. The molecule has 0 saturated carbocycles. The largest absolute Gasteiger partial charge is 0.494 e. The summed E-state index contributed by atoms with van der Waals surface area (Å²) in [7, 11) is 2.88. The number of ether oxygens (including phenoxy) is 2. The summed E-state index contributed by atoms with van der Waals surface area (Å²) in [5.74, 6) is -0.102. The number of rotatable bonds is 2. The minimum Gasteiger partial charge on any atom is -0.494 e. The Morgan fingerprint density at radius 3 is 1.54 bits per heavy atom. The minimum absolute atomic E-state index is 0.172. The molecule has 2 aromatic carbocycles. The van der Waals surface area contributed by atoms with Gasteiger partial charge in [0.05, 0.1) is 25.3 Å². The predicted octanol–water partition coefficient (Wildman–Crippen LogP) is 2.42. The Balaban J connectivity index is 2.21. The van der Waals surface area contributed by atoms with E-state index in [4.69, 9.17) is 9.47 Å². The molecule has 118 valence electrons. The van der Waals surface area contributed by atoms with Crippen molar-refractivity contribution in [1.82, 2.24) is 9.97 Å². The Labute approximate surface area is 137 Å². The predicted molar refractivity (Wildman–Crippen MR) is 85.9 cm³/mol. The van der Waals surface area contributed by atoms with Gasteiger partial charge in [0.25, 0.3) is 0 Å². The Morgan fingerprint density at radius 2 is 1.17 bits per heavy atom. The summed E-state index contributed by atoms with van der Waals surface area (Å²) in [4.78, 5) is 34.5. The number of hydrogen-bond acceptors (Lipinski definition) is 6. The van der Waals surface area contributed by atoms with Gasteiger partial charge in [0.2, 0.25) is 0 Å². The van der Waals surface area contributed by atoms with Crippen LogP contribution in [0.15, 0.2) is 36.7 Å². The third-order valence-electron chi connectivity index (χ3n) is 4.11. The lowest BCUT2D eigenvalue weighted by Gasteiger charge is -2.22. The third-order valence-corrected chi connectivity index (χ3v) is 4.11. The fourth-order valence-electron chi connectivity index (χ4n) is 3.11. The fourth-order valence-corrected chi connectivity index (χ4v) is 3.11. The van der Waals surface area contributed by atoms with Crippen molar-refractivity contribution < 1.29 is 19.1 Å². The van der Waals surface area contributed by atoms with E-state index in [2.05, 4.69) is 9.97 Å². The van der Waals surface area contributed by atoms with E-state index in [0.717, 1.165) is 0 Å². The molecule has 6 heteroatoms. The van der Waals surface area contributed by atoms with Crippen LogP contribution in [-0.4, -0.2) is 35.8 Å². The van der Waals surface area contributed by atoms with E-state index in [-0.39, 0.29) is 34.2 Å². The molecule has 0 unspecified atom stereocenters. The molecule has 1 aliphatic carbocycles. The zero-order valence-electron chi connectivity index (χ0n) is 13.0. The van der Waals surface area contributed by atoms with Gasteiger partial charge in [-0.25, -0.2) is 9.97 Å². The first-order valence-electron chi connectivity index (χ1n) is 7.26. The van der Waals surface area contributed by atoms with Gasteiger partial charge >= 0.3 is 0 Å². The van der Waals surface area contributed by atoms with E-state index in [1.807, 2.05) is 0 Å². The van der Waals surface area contributed by atoms with Crippen LogP contribution >= 0.6 is 0 Å². The molecule has 0 saturated heterocycles. The second-order valence-electron chi connectivity index (χ2n) is 5.27. The summed E-state index contributed by atoms with van der Waals surface area (Å²) >= 11 is 0. The number of hydrogen-bond donors (Lipinski definition) is 0. The van der Waals surface area contributed by atoms with Gasteiger partial charge in [-0.2, -0.15) is 0 Å². The van der Waals surface area contributed by atoms with E-state index < -0.39 is 0 Å². The van der Waals surface area contributed by atoms with Crippen molar-refractivity contribution in [2.75, 3.05) is 14.2 Å².